The van der Waals surface area contributed by atoms with Gasteiger partial charge in [0.15, 0.2) is 0 Å². The minimum atomic E-state index is 0. The van der Waals surface area contributed by atoms with Crippen molar-refractivity contribution in [3.8, 4) is 0 Å². The van der Waals surface area contributed by atoms with E-state index in [1.54, 1.807) is 11.8 Å². The van der Waals surface area contributed by atoms with Crippen molar-refractivity contribution in [1.82, 2.24) is 0 Å². The number of hydrogen-bond donors (Lipinski definition) is 0. The Labute approximate surface area is 99.1 Å². The molecule has 0 aromatic heterocycles. The second kappa shape index (κ2) is 7.46. The zero-order valence-electron chi connectivity index (χ0n) is 6.73. The zero-order chi connectivity index (χ0) is 6.69. The van der Waals surface area contributed by atoms with Crippen molar-refractivity contribution < 1.29 is 17.0 Å². The third kappa shape index (κ3) is 4.40. The van der Waals surface area contributed by atoms with Crippen molar-refractivity contribution in [3.05, 3.63) is 29.8 Å². The Morgan fingerprint density at radius 1 is 1.45 bits per heavy atom. The smallest absolute Gasteiger partial charge is 1.00 e. The summed E-state index contributed by atoms with van der Waals surface area (Å²) in [6.45, 7) is 2.10. The number of thioether (sulfide) groups is 1. The number of rotatable bonds is 1. The van der Waals surface area contributed by atoms with Gasteiger partial charge in [-0.05, 0) is 6.26 Å². The number of benzene rings is 1. The first-order valence-electron chi connectivity index (χ1n) is 2.85. The number of halogens is 1. The minimum absolute atomic E-state index is 0. The Bertz CT molecular complexity index is 203. The van der Waals surface area contributed by atoms with Gasteiger partial charge in [-0.2, -0.15) is 36.0 Å². The van der Waals surface area contributed by atoms with Crippen LogP contribution in [0.4, 0.5) is 0 Å². The Morgan fingerprint density at radius 2 is 2.09 bits per heavy atom. The van der Waals surface area contributed by atoms with Crippen LogP contribution in [0.5, 0.6) is 0 Å². The molecule has 1 rings (SSSR count). The van der Waals surface area contributed by atoms with E-state index in [4.69, 9.17) is 0 Å². The Morgan fingerprint density at radius 3 is 2.45 bits per heavy atom. The molecule has 3 heteroatoms. The second-order valence-corrected chi connectivity index (χ2v) is 2.74. The molecule has 1 aromatic rings. The molecule has 0 unspecified atom stereocenters. The summed E-state index contributed by atoms with van der Waals surface area (Å²) >= 11 is 1.78. The molecule has 0 aliphatic heterocycles. The van der Waals surface area contributed by atoms with E-state index < -0.39 is 0 Å². The van der Waals surface area contributed by atoms with E-state index in [0.717, 1.165) is 0 Å². The van der Waals surface area contributed by atoms with E-state index in [2.05, 4.69) is 25.3 Å². The van der Waals surface area contributed by atoms with Crippen LogP contribution in [0.25, 0.3) is 0 Å². The fourth-order valence-electron chi connectivity index (χ4n) is 0.729. The summed E-state index contributed by atoms with van der Waals surface area (Å²) in [5.41, 5.74) is 1.31. The van der Waals surface area contributed by atoms with Gasteiger partial charge >= 0.3 is 23.1 Å². The maximum absolute atomic E-state index is 3.02. The summed E-state index contributed by atoms with van der Waals surface area (Å²) in [5.74, 6) is 0. The molecule has 0 heterocycles. The molecule has 0 nitrogen and oxygen atoms in total. The van der Waals surface area contributed by atoms with Crippen LogP contribution in [-0.4, -0.2) is 29.3 Å². The predicted octanol–water partition coefficient (Wildman–Crippen LogP) is -0.860. The van der Waals surface area contributed by atoms with Crippen molar-refractivity contribution in [3.63, 3.8) is 0 Å². The average Bonchev–Trinajstić information content (AvgIpc) is 1.89. The third-order valence-corrected chi connectivity index (χ3v) is 2.14. The fraction of sp³-hybridized carbons (Fsp3) is 0.250. The normalized spacial score (nSPS) is 7.82. The summed E-state index contributed by atoms with van der Waals surface area (Å²) in [6, 6.07) is 9.05. The summed E-state index contributed by atoms with van der Waals surface area (Å²) in [7, 11) is 0. The molecule has 0 spiro atoms. The van der Waals surface area contributed by atoms with Gasteiger partial charge in [-0.15, -0.1) is 5.56 Å². The van der Waals surface area contributed by atoms with Gasteiger partial charge in [0.25, 0.3) is 0 Å². The van der Waals surface area contributed by atoms with Gasteiger partial charge in [0, 0.05) is 0 Å². The first kappa shape index (κ1) is 14.3. The van der Waals surface area contributed by atoms with Crippen LogP contribution in [0.1, 0.15) is 5.56 Å². The maximum Gasteiger partial charge on any atom is 2.00 e. The van der Waals surface area contributed by atoms with Crippen LogP contribution < -0.4 is 17.0 Å². The van der Waals surface area contributed by atoms with E-state index in [9.17, 15) is 0 Å². The van der Waals surface area contributed by atoms with E-state index in [0.29, 0.717) is 0 Å². The van der Waals surface area contributed by atoms with E-state index >= 15 is 0 Å². The molecule has 0 radical (unpaired) electrons. The molecule has 0 saturated heterocycles. The van der Waals surface area contributed by atoms with Crippen molar-refractivity contribution in [2.45, 2.75) is 11.8 Å². The van der Waals surface area contributed by atoms with Crippen LogP contribution in [0.3, 0.4) is 0 Å². The first-order valence-corrected chi connectivity index (χ1v) is 4.08. The molecule has 0 saturated carbocycles. The molecule has 0 bridgehead atoms. The van der Waals surface area contributed by atoms with Crippen LogP contribution >= 0.6 is 11.8 Å². The Balaban J connectivity index is 0. The maximum atomic E-state index is 3.02. The molecular formula is C8H9BrMgS. The van der Waals surface area contributed by atoms with Gasteiger partial charge in [0.1, 0.15) is 0 Å². The molecular weight excluding hydrogens is 232 g/mol. The molecule has 0 aliphatic carbocycles. The Hall–Kier alpha value is 0.816. The second-order valence-electron chi connectivity index (χ2n) is 1.90. The Kier molecular flexibility index (Phi) is 9.74. The number of aryl methyl sites for hydroxylation is 1. The fourth-order valence-corrected chi connectivity index (χ4v) is 1.31. The first-order chi connectivity index (χ1) is 4.34. The molecule has 0 amide bonds. The van der Waals surface area contributed by atoms with Crippen LogP contribution in [0.2, 0.25) is 0 Å². The van der Waals surface area contributed by atoms with Crippen molar-refractivity contribution in [1.29, 1.82) is 0 Å². The SMILES string of the molecule is CSc1cc[c-]cc1C.[Br-].[Mg+2]. The standard InChI is InChI=1S/C8H9S.BrH.Mg/c1-7-5-3-4-6-8(7)9-2;;/h4-6H,1-2H3;1H;/q-1;;+2/p-1. The molecule has 1 aromatic carbocycles. The monoisotopic (exact) mass is 240 g/mol. The largest absolute Gasteiger partial charge is 2.00 e. The van der Waals surface area contributed by atoms with E-state index in [1.165, 1.54) is 10.5 Å². The van der Waals surface area contributed by atoms with Gasteiger partial charge < -0.3 is 17.0 Å². The van der Waals surface area contributed by atoms with Gasteiger partial charge in [-0.25, -0.2) is 0 Å². The average molecular weight is 241 g/mol. The van der Waals surface area contributed by atoms with E-state index in [-0.39, 0.29) is 40.0 Å². The quantitative estimate of drug-likeness (QED) is 0.350. The molecule has 0 atom stereocenters. The van der Waals surface area contributed by atoms with Gasteiger partial charge in [0.2, 0.25) is 0 Å². The molecule has 0 N–H and O–H groups in total. The third-order valence-electron chi connectivity index (χ3n) is 1.24. The summed E-state index contributed by atoms with van der Waals surface area (Å²) in [5, 5.41) is 0. The van der Waals surface area contributed by atoms with Crippen LogP contribution in [0, 0.1) is 13.0 Å². The summed E-state index contributed by atoms with van der Waals surface area (Å²) in [4.78, 5) is 1.34. The van der Waals surface area contributed by atoms with Gasteiger partial charge in [-0.3, -0.25) is 0 Å². The number of hydrogen-bond acceptors (Lipinski definition) is 1. The predicted molar refractivity (Wildman–Crippen MR) is 47.6 cm³/mol. The van der Waals surface area contributed by atoms with Crippen molar-refractivity contribution >= 4 is 34.8 Å². The minimum Gasteiger partial charge on any atom is -1.00 e. The van der Waals surface area contributed by atoms with Crippen molar-refractivity contribution in [2.75, 3.05) is 6.26 Å². The molecule has 56 valence electrons. The van der Waals surface area contributed by atoms with Gasteiger partial charge in [0.05, 0.1) is 0 Å². The van der Waals surface area contributed by atoms with Crippen LogP contribution in [0.15, 0.2) is 23.1 Å². The summed E-state index contributed by atoms with van der Waals surface area (Å²) < 4.78 is 0. The van der Waals surface area contributed by atoms with Gasteiger partial charge in [-0.1, -0.05) is 11.8 Å². The van der Waals surface area contributed by atoms with Crippen molar-refractivity contribution in [2.24, 2.45) is 0 Å². The van der Waals surface area contributed by atoms with E-state index in [1.807, 2.05) is 12.1 Å². The molecule has 11 heavy (non-hydrogen) atoms. The molecule has 0 fully saturated rings. The topological polar surface area (TPSA) is 0 Å². The zero-order valence-corrected chi connectivity index (χ0v) is 10.5. The molecule has 0 aliphatic rings. The summed E-state index contributed by atoms with van der Waals surface area (Å²) in [6.07, 6.45) is 2.09. The van der Waals surface area contributed by atoms with Crippen LogP contribution in [-0.2, 0) is 0 Å².